The van der Waals surface area contributed by atoms with Crippen LogP contribution < -0.4 is 10.5 Å². The molecule has 2 aromatic carbocycles. The summed E-state index contributed by atoms with van der Waals surface area (Å²) in [5.74, 6) is 0.946. The Morgan fingerprint density at radius 1 is 1.12 bits per heavy atom. The first kappa shape index (κ1) is 27.2. The molecular formula is C26H33F3N2O3. The molecule has 186 valence electrons. The van der Waals surface area contributed by atoms with Gasteiger partial charge in [0.05, 0.1) is 5.56 Å². The summed E-state index contributed by atoms with van der Waals surface area (Å²) < 4.78 is 44.1. The molecule has 0 spiro atoms. The van der Waals surface area contributed by atoms with E-state index in [0.29, 0.717) is 31.0 Å². The molecule has 0 radical (unpaired) electrons. The fraction of sp³-hybridized carbons (Fsp3) is 0.462. The van der Waals surface area contributed by atoms with Crippen LogP contribution in [0.3, 0.4) is 0 Å². The van der Waals surface area contributed by atoms with Crippen LogP contribution >= 0.6 is 0 Å². The quantitative estimate of drug-likeness (QED) is 0.523. The van der Waals surface area contributed by atoms with Gasteiger partial charge >= 0.3 is 6.18 Å². The number of unbranched alkanes of at least 4 members (excludes halogenated alkanes) is 1. The van der Waals surface area contributed by atoms with E-state index in [-0.39, 0.29) is 17.7 Å². The summed E-state index contributed by atoms with van der Waals surface area (Å²) in [6, 6.07) is 10.4. The largest absolute Gasteiger partial charge is 0.457 e. The molecule has 5 nitrogen and oxygen atoms in total. The highest BCUT2D eigenvalue weighted by molar-refractivity contribution is 5.79. The van der Waals surface area contributed by atoms with E-state index in [1.54, 1.807) is 0 Å². The minimum Gasteiger partial charge on any atom is -0.457 e. The third-order valence-electron chi connectivity index (χ3n) is 5.69. The van der Waals surface area contributed by atoms with E-state index < -0.39 is 11.7 Å². The van der Waals surface area contributed by atoms with Crippen molar-refractivity contribution in [1.29, 1.82) is 0 Å². The Kier molecular flexibility index (Phi) is 9.96. The molecule has 0 saturated heterocycles. The van der Waals surface area contributed by atoms with Gasteiger partial charge in [0.2, 0.25) is 11.8 Å². The van der Waals surface area contributed by atoms with E-state index in [1.165, 1.54) is 19.1 Å². The SMILES string of the molecule is CC(N)=O.CCCCC(CC)C(=O)N1CCc2c(cccc2Oc2ccc(C(F)(F)F)cc2)C1. The van der Waals surface area contributed by atoms with Crippen molar-refractivity contribution in [2.24, 2.45) is 11.7 Å². The molecule has 0 saturated carbocycles. The van der Waals surface area contributed by atoms with Crippen LogP contribution in [-0.2, 0) is 28.7 Å². The highest BCUT2D eigenvalue weighted by Gasteiger charge is 2.30. The number of benzene rings is 2. The molecule has 0 bridgehead atoms. The molecule has 0 aromatic heterocycles. The lowest BCUT2D eigenvalue weighted by molar-refractivity contribution is -0.138. The molecule has 1 aliphatic rings. The Bertz CT molecular complexity index is 955. The van der Waals surface area contributed by atoms with E-state index >= 15 is 0 Å². The van der Waals surface area contributed by atoms with Crippen LogP contribution in [0, 0.1) is 5.92 Å². The van der Waals surface area contributed by atoms with Crippen molar-refractivity contribution < 1.29 is 27.5 Å². The zero-order valence-corrected chi connectivity index (χ0v) is 20.0. The van der Waals surface area contributed by atoms with E-state index in [2.05, 4.69) is 19.6 Å². The minimum atomic E-state index is -4.37. The summed E-state index contributed by atoms with van der Waals surface area (Å²) in [6.07, 6.45) is 0.207. The number of hydrogen-bond acceptors (Lipinski definition) is 3. The first-order valence-electron chi connectivity index (χ1n) is 11.6. The van der Waals surface area contributed by atoms with Crippen LogP contribution in [0.5, 0.6) is 11.5 Å². The monoisotopic (exact) mass is 478 g/mol. The van der Waals surface area contributed by atoms with Gasteiger partial charge in [0.25, 0.3) is 0 Å². The van der Waals surface area contributed by atoms with Gasteiger partial charge in [0.15, 0.2) is 0 Å². The van der Waals surface area contributed by atoms with Crippen molar-refractivity contribution in [3.05, 3.63) is 59.2 Å². The van der Waals surface area contributed by atoms with Crippen LogP contribution in [0.4, 0.5) is 13.2 Å². The highest BCUT2D eigenvalue weighted by Crippen LogP contribution is 2.34. The molecule has 1 heterocycles. The van der Waals surface area contributed by atoms with Gasteiger partial charge in [0, 0.05) is 31.5 Å². The fourth-order valence-electron chi connectivity index (χ4n) is 3.91. The molecule has 0 aliphatic carbocycles. The molecule has 1 aliphatic heterocycles. The highest BCUT2D eigenvalue weighted by atomic mass is 19.4. The maximum Gasteiger partial charge on any atom is 0.416 e. The number of nitrogens with zero attached hydrogens (tertiary/aromatic N) is 1. The number of primary amides is 1. The van der Waals surface area contributed by atoms with Gasteiger partial charge in [-0.15, -0.1) is 0 Å². The van der Waals surface area contributed by atoms with Crippen LogP contribution in [0.25, 0.3) is 0 Å². The topological polar surface area (TPSA) is 72.6 Å². The Labute approximate surface area is 199 Å². The van der Waals surface area contributed by atoms with Gasteiger partial charge in [-0.1, -0.05) is 38.8 Å². The molecule has 8 heteroatoms. The molecule has 0 fully saturated rings. The zero-order chi connectivity index (χ0) is 25.3. The van der Waals surface area contributed by atoms with E-state index in [1.807, 2.05) is 23.1 Å². The zero-order valence-electron chi connectivity index (χ0n) is 20.0. The summed E-state index contributed by atoms with van der Waals surface area (Å²) in [7, 11) is 0. The first-order valence-corrected chi connectivity index (χ1v) is 11.6. The predicted octanol–water partition coefficient (Wildman–Crippen LogP) is 6.09. The number of amides is 2. The summed E-state index contributed by atoms with van der Waals surface area (Å²) in [5, 5.41) is 0. The maximum absolute atomic E-state index is 12.9. The molecule has 1 unspecified atom stereocenters. The minimum absolute atomic E-state index is 0.0677. The molecule has 2 aromatic rings. The molecule has 1 atom stereocenters. The lowest BCUT2D eigenvalue weighted by Gasteiger charge is -2.32. The number of alkyl halides is 3. The standard InChI is InChI=1S/C24H28F3NO2.C2H5NO/c1-3-5-7-17(4-2)23(29)28-15-14-21-18(16-28)8-6-9-22(21)30-20-12-10-19(11-13-20)24(25,26)27;1-2(3)4/h6,8-13,17H,3-5,7,14-16H2,1-2H3;1H3,(H2,3,4). The van der Waals surface area contributed by atoms with Gasteiger partial charge in [-0.25, -0.2) is 0 Å². The predicted molar refractivity (Wildman–Crippen MR) is 125 cm³/mol. The number of carbonyl (C=O) groups excluding carboxylic acids is 2. The lowest BCUT2D eigenvalue weighted by atomic mass is 9.94. The van der Waals surface area contributed by atoms with Crippen molar-refractivity contribution in [3.8, 4) is 11.5 Å². The molecule has 3 rings (SSSR count). The molecule has 2 amide bonds. The van der Waals surface area contributed by atoms with Crippen molar-refractivity contribution in [2.75, 3.05) is 6.54 Å². The van der Waals surface area contributed by atoms with Crippen molar-refractivity contribution >= 4 is 11.8 Å². The lowest BCUT2D eigenvalue weighted by Crippen LogP contribution is -2.39. The number of carbonyl (C=O) groups is 2. The molecular weight excluding hydrogens is 445 g/mol. The number of fused-ring (bicyclic) bond motifs is 1. The number of rotatable bonds is 7. The van der Waals surface area contributed by atoms with Gasteiger partial charge in [-0.05, 0) is 55.2 Å². The summed E-state index contributed by atoms with van der Waals surface area (Å²) in [4.78, 5) is 24.1. The van der Waals surface area contributed by atoms with Gasteiger partial charge in [-0.2, -0.15) is 13.2 Å². The summed E-state index contributed by atoms with van der Waals surface area (Å²) >= 11 is 0. The second-order valence-corrected chi connectivity index (χ2v) is 8.39. The Morgan fingerprint density at radius 2 is 1.76 bits per heavy atom. The van der Waals surface area contributed by atoms with E-state index in [4.69, 9.17) is 4.74 Å². The first-order chi connectivity index (χ1) is 16.1. The summed E-state index contributed by atoms with van der Waals surface area (Å²) in [6.45, 7) is 6.67. The third kappa shape index (κ3) is 7.78. The Hall–Kier alpha value is -3.03. The van der Waals surface area contributed by atoms with Crippen molar-refractivity contribution in [2.45, 2.75) is 65.6 Å². The van der Waals surface area contributed by atoms with Crippen molar-refractivity contribution in [3.63, 3.8) is 0 Å². The van der Waals surface area contributed by atoms with Crippen LogP contribution in [-0.4, -0.2) is 23.3 Å². The number of ether oxygens (including phenoxy) is 1. The fourth-order valence-corrected chi connectivity index (χ4v) is 3.91. The maximum atomic E-state index is 12.9. The third-order valence-corrected chi connectivity index (χ3v) is 5.69. The van der Waals surface area contributed by atoms with Crippen molar-refractivity contribution in [1.82, 2.24) is 4.90 Å². The number of halogens is 3. The van der Waals surface area contributed by atoms with Gasteiger partial charge in [0.1, 0.15) is 11.5 Å². The Balaban J connectivity index is 0.000000945. The average molecular weight is 479 g/mol. The van der Waals surface area contributed by atoms with Crippen LogP contribution in [0.1, 0.15) is 63.1 Å². The average Bonchev–Trinajstić information content (AvgIpc) is 2.78. The Morgan fingerprint density at radius 3 is 2.32 bits per heavy atom. The smallest absolute Gasteiger partial charge is 0.416 e. The number of nitrogens with two attached hydrogens (primary N) is 1. The second-order valence-electron chi connectivity index (χ2n) is 8.39. The molecule has 2 N–H and O–H groups in total. The summed E-state index contributed by atoms with van der Waals surface area (Å²) in [5.41, 5.74) is 5.82. The second kappa shape index (κ2) is 12.4. The van der Waals surface area contributed by atoms with Gasteiger partial charge < -0.3 is 15.4 Å². The van der Waals surface area contributed by atoms with Crippen LogP contribution in [0.15, 0.2) is 42.5 Å². The molecule has 34 heavy (non-hydrogen) atoms. The number of hydrogen-bond donors (Lipinski definition) is 1. The van der Waals surface area contributed by atoms with E-state index in [0.717, 1.165) is 48.9 Å². The van der Waals surface area contributed by atoms with E-state index in [9.17, 15) is 22.8 Å². The van der Waals surface area contributed by atoms with Crippen LogP contribution in [0.2, 0.25) is 0 Å². The van der Waals surface area contributed by atoms with Gasteiger partial charge in [-0.3, -0.25) is 9.59 Å². The normalized spacial score (nSPS) is 13.9.